The van der Waals surface area contributed by atoms with Crippen molar-refractivity contribution in [1.82, 2.24) is 39.5 Å². The summed E-state index contributed by atoms with van der Waals surface area (Å²) >= 11 is 0. The van der Waals surface area contributed by atoms with Gasteiger partial charge >= 0.3 is 0 Å². The Morgan fingerprint density at radius 3 is 1.09 bits per heavy atom. The Bertz CT molecular complexity index is 5580. The molecule has 8 aromatic heterocycles. The molecule has 0 radical (unpaired) electrons. The van der Waals surface area contributed by atoms with E-state index < -0.39 is 51.1 Å². The van der Waals surface area contributed by atoms with Crippen LogP contribution in [0, 0.1) is 33.1 Å². The van der Waals surface area contributed by atoms with E-state index in [1.807, 2.05) is 143 Å². The first-order chi connectivity index (χ1) is 52.9. The number of hydrogen-bond acceptors (Lipinski definition) is 16. The van der Waals surface area contributed by atoms with E-state index in [1.54, 1.807) is 47.6 Å². The molecule has 12 aromatic rings. The van der Waals surface area contributed by atoms with Gasteiger partial charge in [0.25, 0.3) is 0 Å². The number of pyridine rings is 4. The number of hydrogen-bond donors (Lipinski definition) is 0. The minimum atomic E-state index is -2.64. The zero-order chi connectivity index (χ0) is 82.0. The quantitative estimate of drug-likeness (QED) is 0.122. The van der Waals surface area contributed by atoms with Gasteiger partial charge in [-0.05, 0) is 178 Å². The topological polar surface area (TPSA) is 130 Å². The molecule has 4 aliphatic rings. The maximum Gasteiger partial charge on any atom is 0.227 e. The Morgan fingerprint density at radius 2 is 0.758 bits per heavy atom. The Morgan fingerprint density at radius 1 is 0.424 bits per heavy atom. The van der Waals surface area contributed by atoms with Crippen LogP contribution in [0.5, 0.6) is 0 Å². The molecule has 16 heteroatoms. The molecular weight excluding hydrogens is 1230 g/mol. The maximum absolute atomic E-state index is 8.38. The van der Waals surface area contributed by atoms with Crippen molar-refractivity contribution in [2.24, 2.45) is 5.41 Å². The van der Waals surface area contributed by atoms with Crippen molar-refractivity contribution in [2.75, 3.05) is 39.6 Å². The monoisotopic (exact) mass is 1340 g/mol. The molecule has 514 valence electrons. The van der Waals surface area contributed by atoms with Crippen molar-refractivity contribution in [2.45, 2.75) is 181 Å². The van der Waals surface area contributed by atoms with Crippen LogP contribution in [0.4, 0.5) is 22.7 Å². The number of aromatic nitrogens is 4. The molecule has 4 aliphatic heterocycles. The fourth-order valence-corrected chi connectivity index (χ4v) is 13.9. The molecule has 4 atom stereocenters. The molecular formula is C83H98N12O4. The van der Waals surface area contributed by atoms with Gasteiger partial charge in [0.15, 0.2) is 22.3 Å². The zero-order valence-corrected chi connectivity index (χ0v) is 59.5. The van der Waals surface area contributed by atoms with Gasteiger partial charge in [-0.1, -0.05) is 96.9 Å². The standard InChI is InChI=1S/C23H29N3O.C21H25N3O.C20H23N3O.C19H21N3O/c1-7-17-9-11-19-18-10-8-15(2)20(21(18)27-22(19)24-17)26-13-12-25(16(26)3)14-23(4,5)6;1-6-16-8-10-18-17-9-7-14(4)19(20(17)25-21(18)22-16)24-12-11-23(13(2)3)15(24)5;1-5-15-8-10-17-16-9-7-13(3)18(19(16)24-20(17)21-15)23-12-11-22(6-2)14(23)4;1-5-14-7-9-16-15-8-6-12(2)17(18(15)23-19(16)20-14)22-11-10-21(4)13(22)3/h8-13,16H,7,14H2,1-6H3;7-13,15H,6H2,1-5H3;7-12,14H,5-6H2,1-4H3;6-11,13H,5H2,1-4H3/t16-;15-;14-;13-/m0000/s1/i4D3,5D3;13D;6D2;4D3,5D2. The second-order valence-corrected chi connectivity index (χ2v) is 26.4. The van der Waals surface area contributed by atoms with E-state index in [0.29, 0.717) is 39.7 Å². The van der Waals surface area contributed by atoms with Crippen molar-refractivity contribution in [3.63, 3.8) is 0 Å². The summed E-state index contributed by atoms with van der Waals surface area (Å²) in [5.74, 6) is 0. The highest BCUT2D eigenvalue weighted by Gasteiger charge is 2.33. The molecule has 12 heterocycles. The summed E-state index contributed by atoms with van der Waals surface area (Å²) in [6, 6.07) is 31.5. The number of aryl methyl sites for hydroxylation is 8. The molecule has 0 spiro atoms. The summed E-state index contributed by atoms with van der Waals surface area (Å²) in [5, 5.41) is 7.73. The van der Waals surface area contributed by atoms with Crippen LogP contribution in [0.25, 0.3) is 88.3 Å². The average molecular weight is 1340 g/mol. The summed E-state index contributed by atoms with van der Waals surface area (Å²) in [7, 11) is 0. The van der Waals surface area contributed by atoms with Gasteiger partial charge in [-0.3, -0.25) is 0 Å². The Labute approximate surface area is 602 Å². The Kier molecular flexibility index (Phi) is 14.2. The van der Waals surface area contributed by atoms with E-state index in [4.69, 9.17) is 36.9 Å². The lowest BCUT2D eigenvalue weighted by atomic mass is 9.96. The highest BCUT2D eigenvalue weighted by Crippen LogP contribution is 2.45. The summed E-state index contributed by atoms with van der Waals surface area (Å²) in [6.45, 7) is 21.3. The van der Waals surface area contributed by atoms with Gasteiger partial charge in [0.05, 0.1) is 24.1 Å². The van der Waals surface area contributed by atoms with E-state index in [2.05, 4.69) is 107 Å². The van der Waals surface area contributed by atoms with Gasteiger partial charge in [0.1, 0.15) is 24.7 Å². The number of anilines is 4. The van der Waals surface area contributed by atoms with Crippen LogP contribution in [0.1, 0.15) is 161 Å². The molecule has 0 N–H and O–H groups in total. The van der Waals surface area contributed by atoms with Gasteiger partial charge in [-0.15, -0.1) is 0 Å². The lowest BCUT2D eigenvalue weighted by Crippen LogP contribution is -2.40. The zero-order valence-electron chi connectivity index (χ0n) is 73.5. The molecule has 0 amide bonds. The number of nitrogens with zero attached hydrogens (tertiary/aromatic N) is 12. The summed E-state index contributed by atoms with van der Waals surface area (Å²) in [5.41, 5.74) is 14.5. The SMILES string of the molecule is [2H]C(C)(C)N1C=CN(c2c(C)ccc3c2oc2nc(CC)ccc23)[C@H]1C.[2H]C([2H])(C)N1C=CN(c2c(C)ccc3c2oc2nc(CC)ccc23)[C@H]1C.[2H]C([2H])(C)c1ccc2c(n1)oc1c(N3C=CN(C([2H])([2H])[2H])[C@@H]3C)c(C)ccc12.[2H]C([2H])([2H])C(C)(CN1C=CN(c2c(C)ccc3c2oc2nc(CC)ccc23)[C@H]1C)C([2H])([2H])[2H]. The Hall–Kier alpha value is -9.96. The van der Waals surface area contributed by atoms with Crippen molar-refractivity contribution in [3.8, 4) is 0 Å². The summed E-state index contributed by atoms with van der Waals surface area (Å²) in [4.78, 5) is 33.3. The molecule has 16 nitrogen and oxygen atoms in total. The Balaban J connectivity index is 0.000000132. The van der Waals surface area contributed by atoms with Crippen molar-refractivity contribution in [3.05, 3.63) is 192 Å². The van der Waals surface area contributed by atoms with Crippen molar-refractivity contribution in [1.29, 1.82) is 0 Å². The lowest BCUT2D eigenvalue weighted by molar-refractivity contribution is 0.221. The predicted octanol–water partition coefficient (Wildman–Crippen LogP) is 20.3. The molecule has 0 saturated carbocycles. The molecule has 99 heavy (non-hydrogen) atoms. The third kappa shape index (κ3) is 12.4. The summed E-state index contributed by atoms with van der Waals surface area (Å²) < 4.78 is 136. The van der Waals surface area contributed by atoms with E-state index in [-0.39, 0.29) is 25.0 Å². The molecule has 0 saturated heterocycles. The van der Waals surface area contributed by atoms with Gasteiger partial charge < -0.3 is 56.9 Å². The van der Waals surface area contributed by atoms with Gasteiger partial charge in [0.2, 0.25) is 22.9 Å². The van der Waals surface area contributed by atoms with Crippen LogP contribution in [-0.2, 0) is 25.6 Å². The van der Waals surface area contributed by atoms with E-state index in [1.165, 1.54) is 18.7 Å². The van der Waals surface area contributed by atoms with Crippen molar-refractivity contribution < 1.29 is 36.9 Å². The fourth-order valence-electron chi connectivity index (χ4n) is 13.9. The minimum absolute atomic E-state index is 0.0409. The minimum Gasteiger partial charge on any atom is -0.435 e. The van der Waals surface area contributed by atoms with Crippen LogP contribution in [0.15, 0.2) is 164 Å². The van der Waals surface area contributed by atoms with Crippen molar-refractivity contribution >= 4 is 111 Å². The fraction of sp³-hybridized carbons (Fsp3) is 0.373. The first kappa shape index (κ1) is 52.1. The molecule has 16 rings (SSSR count). The van der Waals surface area contributed by atoms with Gasteiger partial charge in [0, 0.05) is 159 Å². The highest BCUT2D eigenvalue weighted by molar-refractivity contribution is 6.12. The number of furan rings is 4. The maximum atomic E-state index is 8.38. The first-order valence-electron chi connectivity index (χ1n) is 41.1. The van der Waals surface area contributed by atoms with E-state index in [0.717, 1.165) is 136 Å². The first-order valence-corrected chi connectivity index (χ1v) is 34.1. The lowest BCUT2D eigenvalue weighted by Gasteiger charge is -2.34. The average Bonchev–Trinajstić information content (AvgIpc) is 1.56. The van der Waals surface area contributed by atoms with E-state index >= 15 is 0 Å². The second-order valence-electron chi connectivity index (χ2n) is 26.4. The normalized spacial score (nSPS) is 20.5. The second kappa shape index (κ2) is 27.0. The molecule has 0 bridgehead atoms. The molecule has 0 fully saturated rings. The van der Waals surface area contributed by atoms with Gasteiger partial charge in [-0.2, -0.15) is 0 Å². The highest BCUT2D eigenvalue weighted by atomic mass is 16.4. The molecule has 0 aliphatic carbocycles. The number of fused-ring (bicyclic) bond motifs is 12. The van der Waals surface area contributed by atoms with Gasteiger partial charge in [-0.25, -0.2) is 19.9 Å². The van der Waals surface area contributed by atoms with E-state index in [9.17, 15) is 0 Å². The van der Waals surface area contributed by atoms with Crippen LogP contribution < -0.4 is 19.6 Å². The predicted molar refractivity (Wildman–Crippen MR) is 410 cm³/mol. The van der Waals surface area contributed by atoms with Crippen LogP contribution in [0.3, 0.4) is 0 Å². The number of benzene rings is 4. The summed E-state index contributed by atoms with van der Waals surface area (Å²) in [6.07, 6.45) is 14.9. The molecule has 4 aromatic carbocycles. The largest absolute Gasteiger partial charge is 0.435 e. The third-order valence-electron chi connectivity index (χ3n) is 19.4. The third-order valence-corrected chi connectivity index (χ3v) is 19.4. The smallest absolute Gasteiger partial charge is 0.227 e. The number of rotatable bonds is 11. The van der Waals surface area contributed by atoms with Crippen LogP contribution in [0.2, 0.25) is 0 Å². The van der Waals surface area contributed by atoms with Crippen LogP contribution >= 0.6 is 0 Å². The molecule has 0 unspecified atom stereocenters. The van der Waals surface area contributed by atoms with Crippen LogP contribution in [-0.4, -0.2) is 90.2 Å².